The van der Waals surface area contributed by atoms with Gasteiger partial charge >= 0.3 is 0 Å². The van der Waals surface area contributed by atoms with Crippen LogP contribution in [-0.4, -0.2) is 0 Å². The van der Waals surface area contributed by atoms with Crippen molar-refractivity contribution in [1.82, 2.24) is 0 Å². The van der Waals surface area contributed by atoms with E-state index in [4.69, 9.17) is 0 Å². The van der Waals surface area contributed by atoms with Crippen molar-refractivity contribution in [1.29, 1.82) is 10.5 Å². The van der Waals surface area contributed by atoms with Gasteiger partial charge in [-0.3, -0.25) is 0 Å². The highest BCUT2D eigenvalue weighted by atomic mass is 14.9. The predicted molar refractivity (Wildman–Crippen MR) is 139 cm³/mol. The van der Waals surface area contributed by atoms with Crippen molar-refractivity contribution in [2.45, 2.75) is 0 Å². The second-order valence-electron chi connectivity index (χ2n) is 8.57. The molecule has 4 nitrogen and oxygen atoms in total. The van der Waals surface area contributed by atoms with E-state index < -0.39 is 0 Å². The molecule has 4 aromatic carbocycles. The fraction of sp³-hybridized carbons (Fsp3) is 0. The smallest absolute Gasteiger partial charge is 0.192 e. The second-order valence-corrected chi connectivity index (χ2v) is 8.57. The van der Waals surface area contributed by atoms with Crippen LogP contribution in [0.2, 0.25) is 0 Å². The van der Waals surface area contributed by atoms with Crippen LogP contribution < -0.4 is 9.13 Å². The van der Waals surface area contributed by atoms with E-state index in [1.54, 1.807) is 0 Å². The summed E-state index contributed by atoms with van der Waals surface area (Å²) >= 11 is 0. The highest BCUT2D eigenvalue weighted by molar-refractivity contribution is 5.93. The third-order valence-corrected chi connectivity index (χ3v) is 6.59. The Labute approximate surface area is 208 Å². The number of hydrogen-bond donors (Lipinski definition) is 0. The Hall–Kier alpha value is -5.32. The summed E-state index contributed by atoms with van der Waals surface area (Å²) in [5, 5.41) is 22.9. The summed E-state index contributed by atoms with van der Waals surface area (Å²) in [5.74, 6) is 0. The van der Waals surface area contributed by atoms with Gasteiger partial charge in [-0.2, -0.15) is 19.7 Å². The molecule has 36 heavy (non-hydrogen) atoms. The molecule has 6 rings (SSSR count). The van der Waals surface area contributed by atoms with E-state index >= 15 is 0 Å². The van der Waals surface area contributed by atoms with Crippen LogP contribution in [0.25, 0.3) is 44.0 Å². The molecule has 0 amide bonds. The normalized spacial score (nSPS) is 10.7. The highest BCUT2D eigenvalue weighted by Gasteiger charge is 2.16. The molecule has 0 N–H and O–H groups in total. The molecular formula is C32H20N4+2. The number of benzene rings is 4. The first-order valence-corrected chi connectivity index (χ1v) is 11.6. The van der Waals surface area contributed by atoms with Crippen molar-refractivity contribution < 1.29 is 9.13 Å². The van der Waals surface area contributed by atoms with Gasteiger partial charge in [-0.25, -0.2) is 0 Å². The summed E-state index contributed by atoms with van der Waals surface area (Å²) < 4.78 is 4.16. The Morgan fingerprint density at radius 1 is 0.417 bits per heavy atom. The zero-order valence-corrected chi connectivity index (χ0v) is 19.3. The summed E-state index contributed by atoms with van der Waals surface area (Å²) in [7, 11) is 0. The van der Waals surface area contributed by atoms with Crippen LogP contribution in [0.5, 0.6) is 0 Å². The molecule has 0 unspecified atom stereocenters. The quantitative estimate of drug-likeness (QED) is 0.306. The lowest BCUT2D eigenvalue weighted by atomic mass is 10.0. The molecule has 2 aromatic heterocycles. The maximum atomic E-state index is 9.46. The number of nitriles is 2. The van der Waals surface area contributed by atoms with E-state index in [9.17, 15) is 10.5 Å². The number of rotatable bonds is 3. The minimum absolute atomic E-state index is 0.680. The standard InChI is InChI=1S/C32H20N4/c33-21-25-9-11-31(29-7-3-1-5-27(25)29)35-17-13-23(14-18-35)24-15-19-36(20-16-24)32-12-10-26(22-34)28-6-2-4-8-30(28)32/h1-20H/q+2. The van der Waals surface area contributed by atoms with E-state index in [-0.39, 0.29) is 0 Å². The van der Waals surface area contributed by atoms with Crippen LogP contribution in [0.15, 0.2) is 122 Å². The Bertz CT molecular complexity index is 1700. The van der Waals surface area contributed by atoms with Crippen molar-refractivity contribution in [3.8, 4) is 34.6 Å². The average Bonchev–Trinajstić information content (AvgIpc) is 2.96. The molecule has 0 atom stereocenters. The number of aromatic nitrogens is 2. The zero-order valence-electron chi connectivity index (χ0n) is 19.3. The van der Waals surface area contributed by atoms with Crippen molar-refractivity contribution in [3.63, 3.8) is 0 Å². The Balaban J connectivity index is 1.34. The Morgan fingerprint density at radius 3 is 1.14 bits per heavy atom. The minimum atomic E-state index is 0.680. The molecule has 0 fully saturated rings. The van der Waals surface area contributed by atoms with Gasteiger partial charge in [0.2, 0.25) is 11.4 Å². The van der Waals surface area contributed by atoms with Crippen LogP contribution in [0.3, 0.4) is 0 Å². The molecule has 0 bridgehead atoms. The molecule has 2 heterocycles. The largest absolute Gasteiger partial charge is 0.218 e. The predicted octanol–water partition coefficient (Wildman–Crippen LogP) is 5.96. The molecule has 0 radical (unpaired) electrons. The van der Waals surface area contributed by atoms with E-state index in [2.05, 4.69) is 82.5 Å². The second kappa shape index (κ2) is 8.80. The van der Waals surface area contributed by atoms with Gasteiger partial charge in [0.1, 0.15) is 0 Å². The topological polar surface area (TPSA) is 55.3 Å². The number of fused-ring (bicyclic) bond motifs is 2. The van der Waals surface area contributed by atoms with Gasteiger partial charge in [-0.15, -0.1) is 0 Å². The SMILES string of the molecule is N#Cc1ccc(-[n+]2ccc(-c3cc[n+](-c4ccc(C#N)c5ccccc45)cc3)cc2)c2ccccc12. The molecule has 4 heteroatoms. The van der Waals surface area contributed by atoms with Gasteiger partial charge in [-0.05, 0) is 35.4 Å². The lowest BCUT2D eigenvalue weighted by Crippen LogP contribution is -2.30. The Morgan fingerprint density at radius 2 is 0.778 bits per heavy atom. The van der Waals surface area contributed by atoms with Gasteiger partial charge < -0.3 is 0 Å². The highest BCUT2D eigenvalue weighted by Crippen LogP contribution is 2.25. The molecule has 0 aliphatic carbocycles. The van der Waals surface area contributed by atoms with Gasteiger partial charge in [0.05, 0.1) is 34.0 Å². The molecule has 0 saturated heterocycles. The first-order valence-electron chi connectivity index (χ1n) is 11.6. The summed E-state index contributed by atoms with van der Waals surface area (Å²) in [6.45, 7) is 0. The number of pyridine rings is 2. The third-order valence-electron chi connectivity index (χ3n) is 6.59. The van der Waals surface area contributed by atoms with Crippen LogP contribution in [0.4, 0.5) is 0 Å². The Kier molecular flexibility index (Phi) is 5.19. The summed E-state index contributed by atoms with van der Waals surface area (Å²) in [5.41, 5.74) is 5.66. The summed E-state index contributed by atoms with van der Waals surface area (Å²) in [6, 6.07) is 36.7. The van der Waals surface area contributed by atoms with Gasteiger partial charge in [0, 0.05) is 47.2 Å². The van der Waals surface area contributed by atoms with Crippen molar-refractivity contribution in [3.05, 3.63) is 133 Å². The van der Waals surface area contributed by atoms with E-state index in [0.29, 0.717) is 11.1 Å². The fourth-order valence-electron chi connectivity index (χ4n) is 4.77. The van der Waals surface area contributed by atoms with E-state index in [0.717, 1.165) is 44.0 Å². The molecule has 0 saturated carbocycles. The van der Waals surface area contributed by atoms with Crippen molar-refractivity contribution in [2.24, 2.45) is 0 Å². The van der Waals surface area contributed by atoms with Gasteiger partial charge in [-0.1, -0.05) is 36.4 Å². The minimum Gasteiger partial charge on any atom is -0.192 e. The third kappa shape index (κ3) is 3.55. The van der Waals surface area contributed by atoms with Crippen LogP contribution in [0, 0.1) is 22.7 Å². The first kappa shape index (κ1) is 21.2. The summed E-state index contributed by atoms with van der Waals surface area (Å²) in [6.07, 6.45) is 8.22. The van der Waals surface area contributed by atoms with Crippen LogP contribution >= 0.6 is 0 Å². The monoisotopic (exact) mass is 460 g/mol. The van der Waals surface area contributed by atoms with Crippen molar-refractivity contribution >= 4 is 21.5 Å². The van der Waals surface area contributed by atoms with Crippen LogP contribution in [0.1, 0.15) is 11.1 Å². The first-order chi connectivity index (χ1) is 17.8. The summed E-state index contributed by atoms with van der Waals surface area (Å²) in [4.78, 5) is 0. The number of nitrogens with zero attached hydrogens (tertiary/aromatic N) is 4. The van der Waals surface area contributed by atoms with E-state index in [1.807, 2.05) is 60.7 Å². The van der Waals surface area contributed by atoms with Gasteiger partial charge in [0.15, 0.2) is 24.8 Å². The van der Waals surface area contributed by atoms with Crippen molar-refractivity contribution in [2.75, 3.05) is 0 Å². The maximum absolute atomic E-state index is 9.46. The lowest BCUT2D eigenvalue weighted by Gasteiger charge is -2.06. The number of hydrogen-bond acceptors (Lipinski definition) is 2. The average molecular weight is 461 g/mol. The molecule has 0 aliphatic rings. The molecular weight excluding hydrogens is 440 g/mol. The maximum Gasteiger partial charge on any atom is 0.218 e. The zero-order chi connectivity index (χ0) is 24.5. The van der Waals surface area contributed by atoms with Crippen LogP contribution in [-0.2, 0) is 0 Å². The molecule has 6 aromatic rings. The molecule has 0 spiro atoms. The lowest BCUT2D eigenvalue weighted by molar-refractivity contribution is -0.594. The molecule has 166 valence electrons. The van der Waals surface area contributed by atoms with E-state index in [1.165, 1.54) is 0 Å². The fourth-order valence-corrected chi connectivity index (χ4v) is 4.77. The van der Waals surface area contributed by atoms with Gasteiger partial charge in [0.25, 0.3) is 0 Å². The molecule has 0 aliphatic heterocycles.